The molecule has 0 aliphatic carbocycles. The second kappa shape index (κ2) is 6.79. The van der Waals surface area contributed by atoms with Gasteiger partial charge in [-0.25, -0.2) is 0 Å². The molecule has 1 N–H and O–H groups in total. The molecule has 0 aromatic carbocycles. The summed E-state index contributed by atoms with van der Waals surface area (Å²) in [6.45, 7) is 2.41. The van der Waals surface area contributed by atoms with E-state index in [4.69, 9.17) is 0 Å². The van der Waals surface area contributed by atoms with Gasteiger partial charge in [0.1, 0.15) is 0 Å². The molecule has 0 spiro atoms. The summed E-state index contributed by atoms with van der Waals surface area (Å²) in [6, 6.07) is 0. The van der Waals surface area contributed by atoms with Crippen molar-refractivity contribution in [2.45, 2.75) is 31.9 Å². The molecular formula is C12H20ClF3N2O. The van der Waals surface area contributed by atoms with E-state index in [1.165, 1.54) is 0 Å². The van der Waals surface area contributed by atoms with Crippen molar-refractivity contribution >= 4 is 18.3 Å². The summed E-state index contributed by atoms with van der Waals surface area (Å²) >= 11 is 0. The van der Waals surface area contributed by atoms with E-state index < -0.39 is 12.1 Å². The molecule has 2 aliphatic rings. The van der Waals surface area contributed by atoms with Gasteiger partial charge in [0.2, 0.25) is 0 Å². The fourth-order valence-electron chi connectivity index (χ4n) is 3.07. The Labute approximate surface area is 117 Å². The van der Waals surface area contributed by atoms with Crippen LogP contribution in [0.2, 0.25) is 0 Å². The summed E-state index contributed by atoms with van der Waals surface area (Å²) in [7, 11) is 0. The number of alkyl halides is 3. The molecule has 2 aliphatic heterocycles. The molecule has 0 saturated carbocycles. The number of rotatable bonds is 1. The fourth-order valence-corrected chi connectivity index (χ4v) is 3.07. The minimum atomic E-state index is -4.73. The molecular weight excluding hydrogens is 281 g/mol. The summed E-state index contributed by atoms with van der Waals surface area (Å²) in [6.07, 6.45) is -1.06. The lowest BCUT2D eigenvalue weighted by Crippen LogP contribution is -2.48. The van der Waals surface area contributed by atoms with E-state index in [0.717, 1.165) is 37.3 Å². The minimum absolute atomic E-state index is 0. The lowest BCUT2D eigenvalue weighted by Gasteiger charge is -2.38. The van der Waals surface area contributed by atoms with Gasteiger partial charge in [0.15, 0.2) is 0 Å². The number of hydrogen-bond acceptors (Lipinski definition) is 2. The normalized spacial score (nSPS) is 25.8. The standard InChI is InChI=1S/C12H19F3N2O.ClH/c13-12(14,15)11(18)17-7-1-2-10(8-17)9-3-5-16-6-4-9;/h9-10,16H,1-8H2;1H/t10-;/m0./s1. The number of carbonyl (C=O) groups excluding carboxylic acids is 1. The molecule has 19 heavy (non-hydrogen) atoms. The number of nitrogens with zero attached hydrogens (tertiary/aromatic N) is 1. The average molecular weight is 301 g/mol. The molecule has 7 heteroatoms. The van der Waals surface area contributed by atoms with Gasteiger partial charge in [0.25, 0.3) is 0 Å². The summed E-state index contributed by atoms with van der Waals surface area (Å²) in [5.41, 5.74) is 0. The van der Waals surface area contributed by atoms with Gasteiger partial charge < -0.3 is 10.2 Å². The monoisotopic (exact) mass is 300 g/mol. The number of nitrogens with one attached hydrogen (secondary N) is 1. The van der Waals surface area contributed by atoms with Crippen LogP contribution in [-0.4, -0.2) is 43.2 Å². The van der Waals surface area contributed by atoms with Gasteiger partial charge in [-0.1, -0.05) is 0 Å². The summed E-state index contributed by atoms with van der Waals surface area (Å²) < 4.78 is 37.2. The van der Waals surface area contributed by atoms with E-state index in [1.54, 1.807) is 0 Å². The van der Waals surface area contributed by atoms with Crippen LogP contribution in [0.25, 0.3) is 0 Å². The quantitative estimate of drug-likeness (QED) is 0.805. The molecule has 3 nitrogen and oxygen atoms in total. The van der Waals surface area contributed by atoms with Crippen molar-refractivity contribution in [3.63, 3.8) is 0 Å². The van der Waals surface area contributed by atoms with Crippen LogP contribution in [0.15, 0.2) is 0 Å². The van der Waals surface area contributed by atoms with Crippen LogP contribution >= 0.6 is 12.4 Å². The summed E-state index contributed by atoms with van der Waals surface area (Å²) in [4.78, 5) is 12.2. The highest BCUT2D eigenvalue weighted by Crippen LogP contribution is 2.31. The lowest BCUT2D eigenvalue weighted by molar-refractivity contribution is -0.187. The van der Waals surface area contributed by atoms with Gasteiger partial charge in [0.05, 0.1) is 0 Å². The maximum atomic E-state index is 12.4. The number of hydrogen-bond donors (Lipinski definition) is 1. The Bertz CT molecular complexity index is 306. The van der Waals surface area contributed by atoms with Crippen LogP contribution in [0, 0.1) is 11.8 Å². The molecule has 2 saturated heterocycles. The second-order valence-electron chi connectivity index (χ2n) is 5.24. The lowest BCUT2D eigenvalue weighted by atomic mass is 9.80. The molecule has 112 valence electrons. The number of carbonyl (C=O) groups is 1. The van der Waals surface area contributed by atoms with Gasteiger partial charge >= 0.3 is 12.1 Å². The van der Waals surface area contributed by atoms with E-state index in [1.807, 2.05) is 0 Å². The Morgan fingerprint density at radius 2 is 1.74 bits per heavy atom. The zero-order chi connectivity index (χ0) is 13.2. The fraction of sp³-hybridized carbons (Fsp3) is 0.917. The molecule has 2 heterocycles. The van der Waals surface area contributed by atoms with Crippen molar-refractivity contribution < 1.29 is 18.0 Å². The van der Waals surface area contributed by atoms with E-state index in [2.05, 4.69) is 5.32 Å². The number of likely N-dealkylation sites (tertiary alicyclic amines) is 1. The first-order valence-electron chi connectivity index (χ1n) is 6.55. The van der Waals surface area contributed by atoms with Crippen LogP contribution in [0.1, 0.15) is 25.7 Å². The van der Waals surface area contributed by atoms with Gasteiger partial charge in [0, 0.05) is 13.1 Å². The van der Waals surface area contributed by atoms with Crippen molar-refractivity contribution in [1.29, 1.82) is 0 Å². The third-order valence-corrected chi connectivity index (χ3v) is 4.04. The molecule has 0 radical (unpaired) electrons. The van der Waals surface area contributed by atoms with Crippen molar-refractivity contribution in [3.05, 3.63) is 0 Å². The van der Waals surface area contributed by atoms with Crippen molar-refractivity contribution in [2.75, 3.05) is 26.2 Å². The van der Waals surface area contributed by atoms with Crippen LogP contribution in [-0.2, 0) is 4.79 Å². The Morgan fingerprint density at radius 3 is 2.32 bits per heavy atom. The molecule has 0 aromatic heterocycles. The topological polar surface area (TPSA) is 32.3 Å². The summed E-state index contributed by atoms with van der Waals surface area (Å²) in [5, 5.41) is 3.25. The minimum Gasteiger partial charge on any atom is -0.335 e. The molecule has 2 fully saturated rings. The Kier molecular flexibility index (Phi) is 5.92. The van der Waals surface area contributed by atoms with Gasteiger partial charge in [-0.05, 0) is 50.6 Å². The molecule has 0 aromatic rings. The Balaban J connectivity index is 0.00000180. The molecule has 0 unspecified atom stereocenters. The van der Waals surface area contributed by atoms with Crippen molar-refractivity contribution in [3.8, 4) is 0 Å². The third-order valence-electron chi connectivity index (χ3n) is 4.04. The highest BCUT2D eigenvalue weighted by molar-refractivity contribution is 5.85. The SMILES string of the molecule is Cl.O=C(N1CCC[C@H](C2CCNCC2)C1)C(F)(F)F. The van der Waals surface area contributed by atoms with E-state index in [-0.39, 0.29) is 31.4 Å². The molecule has 1 amide bonds. The zero-order valence-corrected chi connectivity index (χ0v) is 11.5. The predicted molar refractivity (Wildman–Crippen MR) is 68.2 cm³/mol. The van der Waals surface area contributed by atoms with Crippen LogP contribution in [0.5, 0.6) is 0 Å². The zero-order valence-electron chi connectivity index (χ0n) is 10.7. The number of halogens is 4. The smallest absolute Gasteiger partial charge is 0.335 e. The third kappa shape index (κ3) is 4.24. The maximum absolute atomic E-state index is 12.4. The average Bonchev–Trinajstić information content (AvgIpc) is 2.38. The predicted octanol–water partition coefficient (Wildman–Crippen LogP) is 2.21. The van der Waals surface area contributed by atoms with Crippen LogP contribution in [0.4, 0.5) is 13.2 Å². The number of amides is 1. The first-order valence-corrected chi connectivity index (χ1v) is 6.55. The van der Waals surface area contributed by atoms with Crippen molar-refractivity contribution in [1.82, 2.24) is 10.2 Å². The van der Waals surface area contributed by atoms with E-state index in [0.29, 0.717) is 12.3 Å². The Hall–Kier alpha value is -0.490. The highest BCUT2D eigenvalue weighted by Gasteiger charge is 2.44. The van der Waals surface area contributed by atoms with Gasteiger partial charge in [-0.15, -0.1) is 12.4 Å². The molecule has 0 bridgehead atoms. The largest absolute Gasteiger partial charge is 0.471 e. The highest BCUT2D eigenvalue weighted by atomic mass is 35.5. The number of piperidine rings is 2. The Morgan fingerprint density at radius 1 is 1.11 bits per heavy atom. The van der Waals surface area contributed by atoms with Crippen molar-refractivity contribution in [2.24, 2.45) is 11.8 Å². The van der Waals surface area contributed by atoms with E-state index >= 15 is 0 Å². The second-order valence-corrected chi connectivity index (χ2v) is 5.24. The summed E-state index contributed by atoms with van der Waals surface area (Å²) in [5.74, 6) is -0.955. The van der Waals surface area contributed by atoms with Gasteiger partial charge in [-0.3, -0.25) is 4.79 Å². The first-order chi connectivity index (χ1) is 8.48. The van der Waals surface area contributed by atoms with E-state index in [9.17, 15) is 18.0 Å². The van der Waals surface area contributed by atoms with Crippen LogP contribution in [0.3, 0.4) is 0 Å². The maximum Gasteiger partial charge on any atom is 0.471 e. The van der Waals surface area contributed by atoms with Gasteiger partial charge in [-0.2, -0.15) is 13.2 Å². The molecule has 1 atom stereocenters. The molecule has 2 rings (SSSR count). The van der Waals surface area contributed by atoms with Crippen LogP contribution < -0.4 is 5.32 Å². The first kappa shape index (κ1) is 16.6.